The SMILES string of the molecule is CCSc1nnc(-c2ccc([N+](=O)[O-])cc2)n1C. The van der Waals surface area contributed by atoms with E-state index < -0.39 is 4.92 Å². The van der Waals surface area contributed by atoms with Gasteiger partial charge in [-0.15, -0.1) is 10.2 Å². The van der Waals surface area contributed by atoms with Crippen LogP contribution in [0.15, 0.2) is 29.4 Å². The quantitative estimate of drug-likeness (QED) is 0.482. The predicted molar refractivity (Wildman–Crippen MR) is 69.5 cm³/mol. The Morgan fingerprint density at radius 3 is 2.56 bits per heavy atom. The molecule has 2 aromatic rings. The van der Waals surface area contributed by atoms with E-state index in [1.165, 1.54) is 12.1 Å². The molecule has 1 aromatic carbocycles. The third-order valence-corrected chi connectivity index (χ3v) is 3.35. The maximum Gasteiger partial charge on any atom is 0.269 e. The molecule has 0 saturated carbocycles. The summed E-state index contributed by atoms with van der Waals surface area (Å²) in [6.45, 7) is 2.05. The van der Waals surface area contributed by atoms with Gasteiger partial charge in [-0.3, -0.25) is 10.1 Å². The molecule has 0 unspecified atom stereocenters. The third kappa shape index (κ3) is 2.35. The highest BCUT2D eigenvalue weighted by Crippen LogP contribution is 2.24. The highest BCUT2D eigenvalue weighted by molar-refractivity contribution is 7.99. The first-order valence-corrected chi connectivity index (χ1v) is 6.39. The van der Waals surface area contributed by atoms with Crippen molar-refractivity contribution >= 4 is 17.4 Å². The summed E-state index contributed by atoms with van der Waals surface area (Å²) in [4.78, 5) is 10.2. The summed E-state index contributed by atoms with van der Waals surface area (Å²) in [6.07, 6.45) is 0. The summed E-state index contributed by atoms with van der Waals surface area (Å²) in [7, 11) is 1.88. The fourth-order valence-electron chi connectivity index (χ4n) is 1.55. The van der Waals surface area contributed by atoms with Gasteiger partial charge in [-0.1, -0.05) is 18.7 Å². The van der Waals surface area contributed by atoms with E-state index in [2.05, 4.69) is 10.2 Å². The first-order chi connectivity index (χ1) is 8.63. The molecular weight excluding hydrogens is 252 g/mol. The largest absolute Gasteiger partial charge is 0.305 e. The Kier molecular flexibility index (Phi) is 3.61. The Bertz CT molecular complexity index is 565. The number of non-ortho nitro benzene ring substituents is 1. The van der Waals surface area contributed by atoms with Gasteiger partial charge in [0, 0.05) is 24.7 Å². The summed E-state index contributed by atoms with van der Waals surface area (Å²) >= 11 is 1.61. The number of hydrogen-bond donors (Lipinski definition) is 0. The molecule has 6 nitrogen and oxygen atoms in total. The van der Waals surface area contributed by atoms with E-state index >= 15 is 0 Å². The minimum absolute atomic E-state index is 0.0732. The zero-order chi connectivity index (χ0) is 13.1. The number of nitrogens with zero attached hydrogens (tertiary/aromatic N) is 4. The van der Waals surface area contributed by atoms with Gasteiger partial charge in [0.25, 0.3) is 5.69 Å². The maximum absolute atomic E-state index is 10.6. The number of hydrogen-bond acceptors (Lipinski definition) is 5. The minimum atomic E-state index is -0.418. The number of thioether (sulfide) groups is 1. The fourth-order valence-corrected chi connectivity index (χ4v) is 2.19. The Labute approximate surface area is 108 Å². The monoisotopic (exact) mass is 264 g/mol. The average molecular weight is 264 g/mol. The molecule has 0 N–H and O–H groups in total. The lowest BCUT2D eigenvalue weighted by Gasteiger charge is -2.02. The normalized spacial score (nSPS) is 10.6. The van der Waals surface area contributed by atoms with Gasteiger partial charge in [0.1, 0.15) is 0 Å². The lowest BCUT2D eigenvalue weighted by atomic mass is 10.2. The molecule has 18 heavy (non-hydrogen) atoms. The van der Waals surface area contributed by atoms with E-state index in [9.17, 15) is 10.1 Å². The molecule has 0 aliphatic heterocycles. The second kappa shape index (κ2) is 5.18. The lowest BCUT2D eigenvalue weighted by Crippen LogP contribution is -1.95. The molecule has 0 fully saturated rings. The van der Waals surface area contributed by atoms with E-state index in [0.29, 0.717) is 5.82 Å². The van der Waals surface area contributed by atoms with Crippen LogP contribution in [0.4, 0.5) is 5.69 Å². The van der Waals surface area contributed by atoms with Crippen molar-refractivity contribution in [2.24, 2.45) is 7.05 Å². The summed E-state index contributed by atoms with van der Waals surface area (Å²) in [5.41, 5.74) is 0.891. The zero-order valence-electron chi connectivity index (χ0n) is 10.0. The van der Waals surface area contributed by atoms with Gasteiger partial charge in [0.05, 0.1) is 4.92 Å². The van der Waals surface area contributed by atoms with Gasteiger partial charge in [-0.25, -0.2) is 0 Å². The standard InChI is InChI=1S/C11H12N4O2S/c1-3-18-11-13-12-10(14(11)2)8-4-6-9(7-5-8)15(16)17/h4-7H,3H2,1-2H3. The van der Waals surface area contributed by atoms with Crippen LogP contribution in [0.2, 0.25) is 0 Å². The Morgan fingerprint density at radius 1 is 1.33 bits per heavy atom. The number of benzene rings is 1. The van der Waals surface area contributed by atoms with Crippen molar-refractivity contribution in [2.75, 3.05) is 5.75 Å². The van der Waals surface area contributed by atoms with E-state index in [0.717, 1.165) is 16.5 Å². The van der Waals surface area contributed by atoms with Crippen LogP contribution in [0.1, 0.15) is 6.92 Å². The summed E-state index contributed by atoms with van der Waals surface area (Å²) in [6, 6.07) is 6.30. The van der Waals surface area contributed by atoms with Crippen LogP contribution in [-0.2, 0) is 7.05 Å². The van der Waals surface area contributed by atoms with E-state index in [1.54, 1.807) is 23.9 Å². The van der Waals surface area contributed by atoms with Crippen molar-refractivity contribution in [1.82, 2.24) is 14.8 Å². The highest BCUT2D eigenvalue weighted by atomic mass is 32.2. The number of nitro benzene ring substituents is 1. The van der Waals surface area contributed by atoms with Gasteiger partial charge >= 0.3 is 0 Å². The molecule has 0 radical (unpaired) electrons. The Balaban J connectivity index is 2.34. The van der Waals surface area contributed by atoms with Crippen LogP contribution in [0.3, 0.4) is 0 Å². The summed E-state index contributed by atoms with van der Waals surface area (Å²) < 4.78 is 1.88. The molecule has 1 aromatic heterocycles. The Morgan fingerprint density at radius 2 is 2.00 bits per heavy atom. The molecule has 0 amide bonds. The Hall–Kier alpha value is -1.89. The highest BCUT2D eigenvalue weighted by Gasteiger charge is 2.12. The summed E-state index contributed by atoms with van der Waals surface area (Å²) in [5.74, 6) is 1.63. The first kappa shape index (κ1) is 12.6. The van der Waals surface area contributed by atoms with Crippen molar-refractivity contribution in [1.29, 1.82) is 0 Å². The van der Waals surface area contributed by atoms with Gasteiger partial charge < -0.3 is 4.57 Å². The average Bonchev–Trinajstić information content (AvgIpc) is 2.72. The molecule has 7 heteroatoms. The van der Waals surface area contributed by atoms with Crippen molar-refractivity contribution in [3.63, 3.8) is 0 Å². The predicted octanol–water partition coefficient (Wildman–Crippen LogP) is 2.50. The van der Waals surface area contributed by atoms with Crippen LogP contribution < -0.4 is 0 Å². The molecule has 0 spiro atoms. The topological polar surface area (TPSA) is 73.8 Å². The number of aromatic nitrogens is 3. The molecule has 0 atom stereocenters. The molecule has 0 aliphatic carbocycles. The molecule has 1 heterocycles. The van der Waals surface area contributed by atoms with Crippen molar-refractivity contribution in [2.45, 2.75) is 12.1 Å². The second-order valence-electron chi connectivity index (χ2n) is 3.60. The van der Waals surface area contributed by atoms with Crippen LogP contribution >= 0.6 is 11.8 Å². The zero-order valence-corrected chi connectivity index (χ0v) is 10.8. The van der Waals surface area contributed by atoms with Gasteiger partial charge in [-0.2, -0.15) is 0 Å². The van der Waals surface area contributed by atoms with E-state index in [-0.39, 0.29) is 5.69 Å². The van der Waals surface area contributed by atoms with Crippen molar-refractivity contribution < 1.29 is 4.92 Å². The van der Waals surface area contributed by atoms with Gasteiger partial charge in [0.2, 0.25) is 0 Å². The minimum Gasteiger partial charge on any atom is -0.305 e. The lowest BCUT2D eigenvalue weighted by molar-refractivity contribution is -0.384. The first-order valence-electron chi connectivity index (χ1n) is 5.40. The summed E-state index contributed by atoms with van der Waals surface area (Å²) in [5, 5.41) is 19.6. The van der Waals surface area contributed by atoms with Gasteiger partial charge in [-0.05, 0) is 17.9 Å². The third-order valence-electron chi connectivity index (χ3n) is 2.44. The van der Waals surface area contributed by atoms with Crippen LogP contribution in [0.5, 0.6) is 0 Å². The molecule has 0 saturated heterocycles. The molecule has 0 bridgehead atoms. The van der Waals surface area contributed by atoms with Crippen LogP contribution in [0, 0.1) is 10.1 Å². The number of nitro groups is 1. The molecule has 94 valence electrons. The second-order valence-corrected chi connectivity index (χ2v) is 4.83. The van der Waals surface area contributed by atoms with Crippen LogP contribution in [0.25, 0.3) is 11.4 Å². The molecule has 2 rings (SSSR count). The molecular formula is C11H12N4O2S. The number of rotatable bonds is 4. The fraction of sp³-hybridized carbons (Fsp3) is 0.273. The van der Waals surface area contributed by atoms with E-state index in [1.807, 2.05) is 18.5 Å². The van der Waals surface area contributed by atoms with Crippen molar-refractivity contribution in [3.8, 4) is 11.4 Å². The van der Waals surface area contributed by atoms with E-state index in [4.69, 9.17) is 0 Å². The van der Waals surface area contributed by atoms with Gasteiger partial charge in [0.15, 0.2) is 11.0 Å². The smallest absolute Gasteiger partial charge is 0.269 e. The van der Waals surface area contributed by atoms with Crippen molar-refractivity contribution in [3.05, 3.63) is 34.4 Å². The van der Waals surface area contributed by atoms with Crippen LogP contribution in [-0.4, -0.2) is 25.4 Å². The molecule has 0 aliphatic rings. The maximum atomic E-state index is 10.6.